The van der Waals surface area contributed by atoms with Gasteiger partial charge in [0.1, 0.15) is 0 Å². The van der Waals surface area contributed by atoms with E-state index in [1.807, 2.05) is 26.5 Å². The van der Waals surface area contributed by atoms with Gasteiger partial charge < -0.3 is 10.6 Å². The van der Waals surface area contributed by atoms with E-state index in [9.17, 15) is 4.79 Å². The van der Waals surface area contributed by atoms with Crippen molar-refractivity contribution in [3.05, 3.63) is 18.0 Å². The zero-order chi connectivity index (χ0) is 14.6. The molecule has 1 amide bonds. The molecule has 1 heterocycles. The monoisotopic (exact) mass is 350 g/mol. The van der Waals surface area contributed by atoms with Gasteiger partial charge in [0.05, 0.1) is 6.20 Å². The number of carbonyl (C=O) groups excluding carboxylic acids is 1. The Kier molecular flexibility index (Phi) is 9.05. The quantitative estimate of drug-likeness (QED) is 0.887. The van der Waals surface area contributed by atoms with Crippen molar-refractivity contribution in [1.82, 2.24) is 14.7 Å². The maximum absolute atomic E-state index is 12.4. The molecule has 128 valence electrons. The molecule has 22 heavy (non-hydrogen) atoms. The maximum atomic E-state index is 12.4. The molecule has 0 aliphatic heterocycles. The van der Waals surface area contributed by atoms with Crippen LogP contribution in [0.2, 0.25) is 0 Å². The second kappa shape index (κ2) is 9.38. The molecule has 1 aliphatic rings. The number of rotatable bonds is 5. The van der Waals surface area contributed by atoms with E-state index in [0.717, 1.165) is 18.4 Å². The van der Waals surface area contributed by atoms with Gasteiger partial charge in [0, 0.05) is 38.8 Å². The average molecular weight is 351 g/mol. The Hall–Kier alpha value is -0.780. The fourth-order valence-electron chi connectivity index (χ4n) is 3.13. The summed E-state index contributed by atoms with van der Waals surface area (Å²) in [7, 11) is 3.75. The van der Waals surface area contributed by atoms with E-state index in [1.165, 1.54) is 19.3 Å². The Morgan fingerprint density at radius 1 is 1.36 bits per heavy atom. The number of aromatic nitrogens is 2. The van der Waals surface area contributed by atoms with Crippen LogP contribution in [0.4, 0.5) is 0 Å². The molecule has 0 radical (unpaired) electrons. The lowest BCUT2D eigenvalue weighted by Crippen LogP contribution is -2.39. The number of halogens is 2. The van der Waals surface area contributed by atoms with E-state index in [4.69, 9.17) is 5.73 Å². The fraction of sp³-hybridized carbons (Fsp3) is 0.733. The van der Waals surface area contributed by atoms with Crippen LogP contribution in [0.5, 0.6) is 0 Å². The lowest BCUT2D eigenvalue weighted by atomic mass is 9.71. The van der Waals surface area contributed by atoms with Crippen molar-refractivity contribution in [3.63, 3.8) is 0 Å². The van der Waals surface area contributed by atoms with Gasteiger partial charge in [0.15, 0.2) is 0 Å². The van der Waals surface area contributed by atoms with Gasteiger partial charge in [-0.25, -0.2) is 0 Å². The van der Waals surface area contributed by atoms with Crippen LogP contribution in [-0.4, -0.2) is 34.2 Å². The van der Waals surface area contributed by atoms with E-state index in [1.54, 1.807) is 9.58 Å². The summed E-state index contributed by atoms with van der Waals surface area (Å²) in [5, 5.41) is 4.13. The van der Waals surface area contributed by atoms with Crippen molar-refractivity contribution in [3.8, 4) is 0 Å². The number of amides is 1. The molecule has 1 aromatic heterocycles. The van der Waals surface area contributed by atoms with Crippen LogP contribution in [0.1, 0.15) is 44.1 Å². The maximum Gasteiger partial charge on any atom is 0.223 e. The Morgan fingerprint density at radius 3 is 2.50 bits per heavy atom. The summed E-state index contributed by atoms with van der Waals surface area (Å²) in [5.74, 6) is 0.196. The molecule has 0 spiro atoms. The number of hydrogen-bond acceptors (Lipinski definition) is 3. The summed E-state index contributed by atoms with van der Waals surface area (Å²) in [4.78, 5) is 14.2. The summed E-state index contributed by atoms with van der Waals surface area (Å²) in [6.07, 6.45) is 10.2. The number of carbonyl (C=O) groups is 1. The Labute approximate surface area is 145 Å². The number of nitrogens with two attached hydrogens (primary N) is 1. The van der Waals surface area contributed by atoms with Gasteiger partial charge in [0.2, 0.25) is 5.91 Å². The molecule has 0 saturated heterocycles. The third-order valence-electron chi connectivity index (χ3n) is 4.48. The molecular formula is C15H28Cl2N4O. The number of aryl methyl sites for hydroxylation is 1. The Bertz CT molecular complexity index is 458. The highest BCUT2D eigenvalue weighted by molar-refractivity contribution is 5.85. The largest absolute Gasteiger partial charge is 0.341 e. The molecule has 0 atom stereocenters. The van der Waals surface area contributed by atoms with Gasteiger partial charge in [-0.3, -0.25) is 9.48 Å². The molecule has 0 aromatic carbocycles. The molecule has 0 bridgehead atoms. The van der Waals surface area contributed by atoms with Crippen LogP contribution < -0.4 is 5.73 Å². The standard InChI is InChI=1S/C15H26N4O.2ClH/c1-18(10-13-9-17-19(2)11-13)14(20)8-15(12-16)6-4-3-5-7-15;;/h9,11H,3-8,10,12,16H2,1-2H3;2*1H. The van der Waals surface area contributed by atoms with Gasteiger partial charge in [-0.15, -0.1) is 24.8 Å². The van der Waals surface area contributed by atoms with Gasteiger partial charge in [-0.1, -0.05) is 19.3 Å². The van der Waals surface area contributed by atoms with Crippen LogP contribution in [0.25, 0.3) is 0 Å². The SMILES string of the molecule is CN(Cc1cnn(C)c1)C(=O)CC1(CN)CCCCC1.Cl.Cl. The first-order valence-electron chi connectivity index (χ1n) is 7.46. The molecule has 7 heteroatoms. The third-order valence-corrected chi connectivity index (χ3v) is 4.48. The smallest absolute Gasteiger partial charge is 0.223 e. The summed E-state index contributed by atoms with van der Waals surface area (Å²) in [5.41, 5.74) is 7.06. The van der Waals surface area contributed by atoms with Crippen molar-refractivity contribution in [1.29, 1.82) is 0 Å². The topological polar surface area (TPSA) is 64.2 Å². The summed E-state index contributed by atoms with van der Waals surface area (Å²) < 4.78 is 1.76. The first kappa shape index (κ1) is 21.2. The molecule has 0 unspecified atom stereocenters. The van der Waals surface area contributed by atoms with Gasteiger partial charge in [-0.05, 0) is 24.8 Å². The summed E-state index contributed by atoms with van der Waals surface area (Å²) in [6.45, 7) is 1.24. The van der Waals surface area contributed by atoms with Crippen molar-refractivity contribution >= 4 is 30.7 Å². The first-order valence-corrected chi connectivity index (χ1v) is 7.46. The third kappa shape index (κ3) is 5.45. The Balaban J connectivity index is 0.00000220. The zero-order valence-electron chi connectivity index (χ0n) is 13.5. The highest BCUT2D eigenvalue weighted by Crippen LogP contribution is 2.38. The van der Waals surface area contributed by atoms with Crippen LogP contribution in [0.15, 0.2) is 12.4 Å². The second-order valence-corrected chi connectivity index (χ2v) is 6.21. The molecule has 5 nitrogen and oxygen atoms in total. The zero-order valence-corrected chi connectivity index (χ0v) is 15.1. The predicted molar refractivity (Wildman–Crippen MR) is 93.4 cm³/mol. The first-order chi connectivity index (χ1) is 9.54. The van der Waals surface area contributed by atoms with Crippen LogP contribution in [0, 0.1) is 5.41 Å². The Morgan fingerprint density at radius 2 is 2.00 bits per heavy atom. The average Bonchev–Trinajstić information content (AvgIpc) is 2.85. The van der Waals surface area contributed by atoms with E-state index < -0.39 is 0 Å². The molecule has 1 saturated carbocycles. The van der Waals surface area contributed by atoms with Crippen LogP contribution in [0.3, 0.4) is 0 Å². The minimum atomic E-state index is 0. The van der Waals surface area contributed by atoms with Crippen LogP contribution >= 0.6 is 24.8 Å². The molecule has 1 fully saturated rings. The van der Waals surface area contributed by atoms with Gasteiger partial charge >= 0.3 is 0 Å². The minimum absolute atomic E-state index is 0. The predicted octanol–water partition coefficient (Wildman–Crippen LogP) is 2.52. The molecule has 2 rings (SSSR count). The van der Waals surface area contributed by atoms with Crippen molar-refractivity contribution in [2.75, 3.05) is 13.6 Å². The fourth-order valence-corrected chi connectivity index (χ4v) is 3.13. The molecule has 2 N–H and O–H groups in total. The molecular weight excluding hydrogens is 323 g/mol. The van der Waals surface area contributed by atoms with E-state index >= 15 is 0 Å². The molecule has 1 aliphatic carbocycles. The van der Waals surface area contributed by atoms with Crippen molar-refractivity contribution in [2.45, 2.75) is 45.1 Å². The highest BCUT2D eigenvalue weighted by Gasteiger charge is 2.33. The summed E-state index contributed by atoms with van der Waals surface area (Å²) >= 11 is 0. The van der Waals surface area contributed by atoms with Crippen molar-refractivity contribution < 1.29 is 4.79 Å². The lowest BCUT2D eigenvalue weighted by Gasteiger charge is -2.36. The van der Waals surface area contributed by atoms with Crippen molar-refractivity contribution in [2.24, 2.45) is 18.2 Å². The lowest BCUT2D eigenvalue weighted by molar-refractivity contribution is -0.133. The van der Waals surface area contributed by atoms with E-state index in [2.05, 4.69) is 5.10 Å². The normalized spacial score (nSPS) is 16.3. The molecule has 1 aromatic rings. The van der Waals surface area contributed by atoms with E-state index in [-0.39, 0.29) is 36.1 Å². The second-order valence-electron chi connectivity index (χ2n) is 6.21. The van der Waals surface area contributed by atoms with E-state index in [0.29, 0.717) is 19.5 Å². The highest BCUT2D eigenvalue weighted by atomic mass is 35.5. The number of nitrogens with zero attached hydrogens (tertiary/aromatic N) is 3. The van der Waals surface area contributed by atoms with Crippen LogP contribution in [-0.2, 0) is 18.4 Å². The minimum Gasteiger partial charge on any atom is -0.341 e. The van der Waals surface area contributed by atoms with Gasteiger partial charge in [0.25, 0.3) is 0 Å². The summed E-state index contributed by atoms with van der Waals surface area (Å²) in [6, 6.07) is 0. The van der Waals surface area contributed by atoms with Gasteiger partial charge in [-0.2, -0.15) is 5.10 Å². The number of hydrogen-bond donors (Lipinski definition) is 1.